The third-order valence-electron chi connectivity index (χ3n) is 3.68. The number of aliphatic hydroxyl groups excluding tert-OH is 1. The summed E-state index contributed by atoms with van der Waals surface area (Å²) in [7, 11) is 2.05. The van der Waals surface area contributed by atoms with Crippen LogP contribution in [0.3, 0.4) is 0 Å². The van der Waals surface area contributed by atoms with E-state index in [4.69, 9.17) is 0 Å². The van der Waals surface area contributed by atoms with Crippen molar-refractivity contribution in [2.75, 3.05) is 13.6 Å². The first-order chi connectivity index (χ1) is 8.45. The molecule has 1 N–H and O–H groups in total. The number of aryl methyl sites for hydroxylation is 1. The molecule has 0 heterocycles. The van der Waals surface area contributed by atoms with Gasteiger partial charge in [-0.05, 0) is 50.9 Å². The Bertz CT molecular complexity index is 381. The summed E-state index contributed by atoms with van der Waals surface area (Å²) in [5.74, 6) is -0.248. The van der Waals surface area contributed by atoms with Gasteiger partial charge in [0.2, 0.25) is 0 Å². The van der Waals surface area contributed by atoms with E-state index in [1.54, 1.807) is 19.1 Å². The molecule has 102 valence electrons. The van der Waals surface area contributed by atoms with E-state index in [9.17, 15) is 9.50 Å². The number of hydrogen-bond acceptors (Lipinski definition) is 2. The fraction of sp³-hybridized carbons (Fsp3) is 0.600. The van der Waals surface area contributed by atoms with Gasteiger partial charge >= 0.3 is 0 Å². The quantitative estimate of drug-likeness (QED) is 0.841. The maximum atomic E-state index is 13.4. The molecule has 1 rings (SSSR count). The van der Waals surface area contributed by atoms with Gasteiger partial charge in [-0.25, -0.2) is 4.39 Å². The Kier molecular flexibility index (Phi) is 5.76. The molecule has 0 spiro atoms. The van der Waals surface area contributed by atoms with Crippen LogP contribution in [0, 0.1) is 12.7 Å². The molecule has 18 heavy (non-hydrogen) atoms. The monoisotopic (exact) mass is 253 g/mol. The highest BCUT2D eigenvalue weighted by molar-refractivity contribution is 5.24. The summed E-state index contributed by atoms with van der Waals surface area (Å²) in [6, 6.07) is 5.45. The normalized spacial score (nSPS) is 14.8. The molecule has 3 heteroatoms. The summed E-state index contributed by atoms with van der Waals surface area (Å²) in [6.07, 6.45) is 1.13. The fourth-order valence-electron chi connectivity index (χ4n) is 1.84. The molecule has 0 aliphatic rings. The Labute approximate surface area is 109 Å². The number of nitrogens with zero attached hydrogens (tertiary/aromatic N) is 1. The van der Waals surface area contributed by atoms with Crippen LogP contribution in [0.4, 0.5) is 4.39 Å². The van der Waals surface area contributed by atoms with E-state index in [2.05, 4.69) is 25.8 Å². The molecule has 0 bridgehead atoms. The van der Waals surface area contributed by atoms with Gasteiger partial charge in [-0.3, -0.25) is 0 Å². The Hall–Kier alpha value is -0.930. The maximum Gasteiger partial charge on any atom is 0.126 e. The van der Waals surface area contributed by atoms with Crippen LogP contribution in [-0.4, -0.2) is 29.6 Å². The van der Waals surface area contributed by atoms with E-state index in [0.717, 1.165) is 13.0 Å². The highest BCUT2D eigenvalue weighted by Gasteiger charge is 2.12. The van der Waals surface area contributed by atoms with E-state index in [0.29, 0.717) is 23.6 Å². The van der Waals surface area contributed by atoms with E-state index in [-0.39, 0.29) is 5.82 Å². The van der Waals surface area contributed by atoms with E-state index >= 15 is 0 Å². The van der Waals surface area contributed by atoms with Gasteiger partial charge in [0.15, 0.2) is 0 Å². The zero-order valence-electron chi connectivity index (χ0n) is 11.8. The summed E-state index contributed by atoms with van der Waals surface area (Å²) in [6.45, 7) is 6.85. The van der Waals surface area contributed by atoms with Gasteiger partial charge < -0.3 is 10.0 Å². The van der Waals surface area contributed by atoms with Crippen LogP contribution >= 0.6 is 0 Å². The molecular weight excluding hydrogens is 229 g/mol. The Morgan fingerprint density at radius 1 is 1.39 bits per heavy atom. The molecule has 2 unspecified atom stereocenters. The van der Waals surface area contributed by atoms with E-state index in [1.807, 2.05) is 0 Å². The van der Waals surface area contributed by atoms with Crippen LogP contribution < -0.4 is 0 Å². The Balaban J connectivity index is 2.54. The Morgan fingerprint density at radius 2 is 2.06 bits per heavy atom. The third-order valence-corrected chi connectivity index (χ3v) is 3.68. The van der Waals surface area contributed by atoms with Crippen molar-refractivity contribution >= 4 is 0 Å². The molecule has 0 saturated carbocycles. The summed E-state index contributed by atoms with van der Waals surface area (Å²) >= 11 is 0. The second-order valence-corrected chi connectivity index (χ2v) is 5.05. The van der Waals surface area contributed by atoms with Crippen molar-refractivity contribution in [2.45, 2.75) is 45.8 Å². The molecule has 0 fully saturated rings. The van der Waals surface area contributed by atoms with E-state index < -0.39 is 6.10 Å². The molecule has 2 atom stereocenters. The predicted molar refractivity (Wildman–Crippen MR) is 73.1 cm³/mol. The highest BCUT2D eigenvalue weighted by atomic mass is 19.1. The lowest BCUT2D eigenvalue weighted by Gasteiger charge is -2.24. The molecule has 0 aliphatic carbocycles. The average molecular weight is 253 g/mol. The van der Waals surface area contributed by atoms with Gasteiger partial charge in [-0.1, -0.05) is 19.1 Å². The van der Waals surface area contributed by atoms with Gasteiger partial charge in [0.1, 0.15) is 5.82 Å². The molecular formula is C15H24FNO. The predicted octanol–water partition coefficient (Wildman–Crippen LogP) is 3.29. The van der Waals surface area contributed by atoms with Gasteiger partial charge in [0, 0.05) is 12.6 Å². The average Bonchev–Trinajstić information content (AvgIpc) is 2.37. The lowest BCUT2D eigenvalue weighted by atomic mass is 10.0. The van der Waals surface area contributed by atoms with Crippen LogP contribution in [0.2, 0.25) is 0 Å². The van der Waals surface area contributed by atoms with Gasteiger partial charge in [-0.2, -0.15) is 0 Å². The maximum absolute atomic E-state index is 13.4. The molecule has 0 radical (unpaired) electrons. The van der Waals surface area contributed by atoms with Crippen LogP contribution in [0.15, 0.2) is 18.2 Å². The SMILES string of the molecule is CCC(C)N(C)CCC(O)c1ccc(C)c(F)c1. The van der Waals surface area contributed by atoms with Gasteiger partial charge in [0.25, 0.3) is 0 Å². The summed E-state index contributed by atoms with van der Waals surface area (Å²) < 4.78 is 13.4. The first-order valence-corrected chi connectivity index (χ1v) is 6.60. The molecule has 0 aromatic heterocycles. The second kappa shape index (κ2) is 6.86. The highest BCUT2D eigenvalue weighted by Crippen LogP contribution is 2.20. The lowest BCUT2D eigenvalue weighted by molar-refractivity contribution is 0.138. The summed E-state index contributed by atoms with van der Waals surface area (Å²) in [5.41, 5.74) is 1.28. The zero-order valence-corrected chi connectivity index (χ0v) is 11.8. The third kappa shape index (κ3) is 4.07. The van der Waals surface area contributed by atoms with Crippen molar-refractivity contribution in [1.29, 1.82) is 0 Å². The fourth-order valence-corrected chi connectivity index (χ4v) is 1.84. The molecule has 0 saturated heterocycles. The second-order valence-electron chi connectivity index (χ2n) is 5.05. The minimum absolute atomic E-state index is 0.248. The Morgan fingerprint density at radius 3 is 2.61 bits per heavy atom. The molecule has 0 amide bonds. The summed E-state index contributed by atoms with van der Waals surface area (Å²) in [4.78, 5) is 2.22. The van der Waals surface area contributed by atoms with Crippen LogP contribution in [0.5, 0.6) is 0 Å². The summed E-state index contributed by atoms with van der Waals surface area (Å²) in [5, 5.41) is 10.0. The molecule has 0 aliphatic heterocycles. The number of aliphatic hydroxyl groups is 1. The standard InChI is InChI=1S/C15H24FNO/c1-5-12(3)17(4)9-8-15(18)13-7-6-11(2)14(16)10-13/h6-7,10,12,15,18H,5,8-9H2,1-4H3. The van der Waals surface area contributed by atoms with E-state index in [1.165, 1.54) is 6.07 Å². The first kappa shape index (κ1) is 15.1. The van der Waals surface area contributed by atoms with Crippen molar-refractivity contribution < 1.29 is 9.50 Å². The van der Waals surface area contributed by atoms with Crippen molar-refractivity contribution in [1.82, 2.24) is 4.90 Å². The van der Waals surface area contributed by atoms with Crippen LogP contribution in [0.25, 0.3) is 0 Å². The molecule has 1 aromatic rings. The topological polar surface area (TPSA) is 23.5 Å². The lowest BCUT2D eigenvalue weighted by Crippen LogP contribution is -2.30. The number of rotatable bonds is 6. The molecule has 1 aromatic carbocycles. The van der Waals surface area contributed by atoms with Crippen molar-refractivity contribution in [3.8, 4) is 0 Å². The van der Waals surface area contributed by atoms with Gasteiger partial charge in [0.05, 0.1) is 6.10 Å². The number of halogens is 1. The largest absolute Gasteiger partial charge is 0.388 e. The minimum atomic E-state index is -0.591. The first-order valence-electron chi connectivity index (χ1n) is 6.60. The van der Waals surface area contributed by atoms with Gasteiger partial charge in [-0.15, -0.1) is 0 Å². The number of benzene rings is 1. The van der Waals surface area contributed by atoms with Crippen LogP contribution in [-0.2, 0) is 0 Å². The van der Waals surface area contributed by atoms with Crippen molar-refractivity contribution in [3.63, 3.8) is 0 Å². The van der Waals surface area contributed by atoms with Crippen LogP contribution in [0.1, 0.15) is 43.9 Å². The van der Waals surface area contributed by atoms with Crippen molar-refractivity contribution in [3.05, 3.63) is 35.1 Å². The van der Waals surface area contributed by atoms with Crippen molar-refractivity contribution in [2.24, 2.45) is 0 Å². The molecule has 2 nitrogen and oxygen atoms in total. The smallest absolute Gasteiger partial charge is 0.126 e. The minimum Gasteiger partial charge on any atom is -0.388 e. The zero-order chi connectivity index (χ0) is 13.7. The number of hydrogen-bond donors (Lipinski definition) is 1.